The molecule has 0 saturated carbocycles. The Morgan fingerprint density at radius 2 is 1.76 bits per heavy atom. The van der Waals surface area contributed by atoms with Gasteiger partial charge in [-0.05, 0) is 29.8 Å². The van der Waals surface area contributed by atoms with Crippen LogP contribution in [0.4, 0.5) is 0 Å². The Hall–Kier alpha value is -3.60. The molecule has 5 nitrogen and oxygen atoms in total. The summed E-state index contributed by atoms with van der Waals surface area (Å²) in [4.78, 5) is 11.7. The minimum absolute atomic E-state index is 0.0572. The van der Waals surface area contributed by atoms with Gasteiger partial charge < -0.3 is 13.9 Å². The molecular formula is C24H18NO4+. The molecule has 7 rings (SSSR count). The minimum Gasteiger partial charge on any atom is -0.478 e. The molecule has 142 valence electrons. The Balaban J connectivity index is 1.71. The molecule has 0 spiro atoms. The lowest BCUT2D eigenvalue weighted by Crippen LogP contribution is -2.59. The maximum absolute atomic E-state index is 11.7. The maximum atomic E-state index is 11.7. The number of carboxylic acids is 1. The largest absolute Gasteiger partial charge is 0.478 e. The quantitative estimate of drug-likeness (QED) is 0.535. The fraction of sp³-hybridized carbons (Fsp3) is 0.167. The smallest absolute Gasteiger partial charge is 0.335 e. The molecule has 0 amide bonds. The summed E-state index contributed by atoms with van der Waals surface area (Å²) >= 11 is 0. The molecule has 29 heavy (non-hydrogen) atoms. The highest BCUT2D eigenvalue weighted by atomic mass is 16.4. The summed E-state index contributed by atoms with van der Waals surface area (Å²) < 4.78 is 13.3. The van der Waals surface area contributed by atoms with Gasteiger partial charge in [0.1, 0.15) is 0 Å². The third-order valence-electron chi connectivity index (χ3n) is 6.64. The standard InChI is InChI=1S/C24H17NO4/c26-23(27)15-4-5-18-19(11-15)22-20-3-1-2-8-25(20)21(18)12-24(22,16-6-9-28-13-16)17-7-10-29-14-17/h1-11,13-14,21-22H,12H2/p+1/t21-,22+/m0/s1. The normalized spacial score (nSPS) is 20.8. The Bertz CT molecular complexity index is 1190. The number of nitrogens with zero attached hydrogens (tertiary/aromatic N) is 1. The van der Waals surface area contributed by atoms with Crippen molar-refractivity contribution in [2.24, 2.45) is 0 Å². The summed E-state index contributed by atoms with van der Waals surface area (Å²) in [7, 11) is 0. The molecule has 2 atom stereocenters. The molecule has 2 aliphatic heterocycles. The second-order valence-electron chi connectivity index (χ2n) is 7.83. The zero-order valence-corrected chi connectivity index (χ0v) is 15.5. The van der Waals surface area contributed by atoms with Gasteiger partial charge >= 0.3 is 5.97 Å². The number of carboxylic acid groups (broad SMARTS) is 1. The van der Waals surface area contributed by atoms with Gasteiger partial charge in [0.2, 0.25) is 0 Å². The molecule has 3 aromatic heterocycles. The molecule has 3 aliphatic rings. The van der Waals surface area contributed by atoms with E-state index >= 15 is 0 Å². The van der Waals surface area contributed by atoms with Crippen molar-refractivity contribution in [3.8, 4) is 0 Å². The van der Waals surface area contributed by atoms with Crippen LogP contribution in [0.25, 0.3) is 0 Å². The van der Waals surface area contributed by atoms with E-state index in [1.165, 1.54) is 11.3 Å². The molecule has 1 N–H and O–H groups in total. The summed E-state index contributed by atoms with van der Waals surface area (Å²) in [5, 5.41) is 9.61. The minimum atomic E-state index is -0.910. The van der Waals surface area contributed by atoms with Crippen molar-refractivity contribution in [3.63, 3.8) is 0 Å². The molecule has 5 heteroatoms. The number of rotatable bonds is 3. The lowest BCUT2D eigenvalue weighted by atomic mass is 9.54. The molecule has 0 radical (unpaired) electrons. The summed E-state index contributed by atoms with van der Waals surface area (Å²) in [6.45, 7) is 0. The summed E-state index contributed by atoms with van der Waals surface area (Å²) in [5.74, 6) is -0.967. The second kappa shape index (κ2) is 5.70. The molecule has 2 bridgehead atoms. The average Bonchev–Trinajstić information content (AvgIpc) is 3.48. The number of aromatic carboxylic acids is 1. The Kier molecular flexibility index (Phi) is 3.22. The molecule has 0 unspecified atom stereocenters. The average molecular weight is 384 g/mol. The first kappa shape index (κ1) is 16.4. The van der Waals surface area contributed by atoms with Gasteiger partial charge in [-0.25, -0.2) is 4.79 Å². The van der Waals surface area contributed by atoms with E-state index in [4.69, 9.17) is 8.83 Å². The van der Waals surface area contributed by atoms with E-state index in [2.05, 4.69) is 16.8 Å². The van der Waals surface area contributed by atoms with Crippen molar-refractivity contribution >= 4 is 5.97 Å². The van der Waals surface area contributed by atoms with Crippen LogP contribution < -0.4 is 4.57 Å². The van der Waals surface area contributed by atoms with E-state index in [0.29, 0.717) is 5.56 Å². The Labute approximate surface area is 166 Å². The molecular weight excluding hydrogens is 366 g/mol. The number of furan rings is 2. The van der Waals surface area contributed by atoms with Crippen LogP contribution in [0.1, 0.15) is 56.7 Å². The molecule has 0 fully saturated rings. The predicted octanol–water partition coefficient (Wildman–Crippen LogP) is 4.28. The Morgan fingerprint density at radius 1 is 1.00 bits per heavy atom. The van der Waals surface area contributed by atoms with Crippen molar-refractivity contribution in [2.75, 3.05) is 0 Å². The van der Waals surface area contributed by atoms with Gasteiger partial charge in [-0.1, -0.05) is 12.1 Å². The van der Waals surface area contributed by atoms with E-state index in [0.717, 1.165) is 23.1 Å². The molecule has 5 heterocycles. The first-order chi connectivity index (χ1) is 14.2. The fourth-order valence-electron chi connectivity index (χ4n) is 5.49. The van der Waals surface area contributed by atoms with Gasteiger partial charge in [0.15, 0.2) is 17.9 Å². The first-order valence-electron chi connectivity index (χ1n) is 9.63. The first-order valence-corrected chi connectivity index (χ1v) is 9.63. The van der Waals surface area contributed by atoms with Crippen molar-refractivity contribution in [1.29, 1.82) is 0 Å². The van der Waals surface area contributed by atoms with Crippen LogP contribution in [-0.2, 0) is 5.41 Å². The Morgan fingerprint density at radius 3 is 2.41 bits per heavy atom. The predicted molar refractivity (Wildman–Crippen MR) is 103 cm³/mol. The van der Waals surface area contributed by atoms with Crippen LogP contribution in [0, 0.1) is 0 Å². The summed E-state index contributed by atoms with van der Waals surface area (Å²) in [6.07, 6.45) is 9.98. The number of fused-ring (bicyclic) bond motifs is 1. The van der Waals surface area contributed by atoms with Gasteiger partial charge in [-0.15, -0.1) is 0 Å². The number of hydrogen-bond donors (Lipinski definition) is 1. The van der Waals surface area contributed by atoms with Crippen molar-refractivity contribution in [2.45, 2.75) is 23.8 Å². The van der Waals surface area contributed by atoms with E-state index in [9.17, 15) is 9.90 Å². The molecule has 0 saturated heterocycles. The molecule has 4 aromatic rings. The third-order valence-corrected chi connectivity index (χ3v) is 6.64. The SMILES string of the molecule is O=C(O)c1ccc2c(c1)[C@@H]1c3cccc[n+]3[C@H]2CC1(c1ccoc1)c1ccoc1. The van der Waals surface area contributed by atoms with Gasteiger partial charge in [-0.2, -0.15) is 4.57 Å². The van der Waals surface area contributed by atoms with Crippen LogP contribution in [0.5, 0.6) is 0 Å². The van der Waals surface area contributed by atoms with Gasteiger partial charge in [0.25, 0.3) is 0 Å². The lowest BCUT2D eigenvalue weighted by Gasteiger charge is -2.48. The van der Waals surface area contributed by atoms with E-state index in [1.807, 2.05) is 48.9 Å². The van der Waals surface area contributed by atoms with E-state index in [1.54, 1.807) is 18.6 Å². The zero-order valence-electron chi connectivity index (χ0n) is 15.5. The highest BCUT2D eigenvalue weighted by molar-refractivity contribution is 5.88. The van der Waals surface area contributed by atoms with Crippen LogP contribution in [0.3, 0.4) is 0 Å². The van der Waals surface area contributed by atoms with E-state index in [-0.39, 0.29) is 12.0 Å². The second-order valence-corrected chi connectivity index (χ2v) is 7.83. The summed E-state index contributed by atoms with van der Waals surface area (Å²) in [5.41, 5.74) is 5.50. The van der Waals surface area contributed by atoms with Gasteiger partial charge in [0.05, 0.1) is 41.9 Å². The number of carbonyl (C=O) groups is 1. The van der Waals surface area contributed by atoms with Crippen molar-refractivity contribution < 1.29 is 23.3 Å². The third kappa shape index (κ3) is 2.04. The number of aromatic nitrogens is 1. The van der Waals surface area contributed by atoms with E-state index < -0.39 is 11.4 Å². The molecule has 1 aromatic carbocycles. The van der Waals surface area contributed by atoms with Crippen LogP contribution in [-0.4, -0.2) is 11.1 Å². The van der Waals surface area contributed by atoms with Crippen molar-refractivity contribution in [3.05, 3.63) is 113 Å². The van der Waals surface area contributed by atoms with Crippen molar-refractivity contribution in [1.82, 2.24) is 0 Å². The van der Waals surface area contributed by atoms with Gasteiger partial charge in [-0.3, -0.25) is 0 Å². The zero-order chi connectivity index (χ0) is 19.6. The fourth-order valence-corrected chi connectivity index (χ4v) is 5.49. The topological polar surface area (TPSA) is 67.5 Å². The lowest BCUT2D eigenvalue weighted by molar-refractivity contribution is -0.732. The van der Waals surface area contributed by atoms with Crippen LogP contribution >= 0.6 is 0 Å². The number of benzene rings is 1. The van der Waals surface area contributed by atoms with Crippen LogP contribution in [0.2, 0.25) is 0 Å². The summed E-state index contributed by atoms with van der Waals surface area (Å²) in [6, 6.07) is 15.9. The number of hydrogen-bond acceptors (Lipinski definition) is 3. The van der Waals surface area contributed by atoms with Crippen LogP contribution in [0.15, 0.2) is 88.6 Å². The number of pyridine rings is 1. The maximum Gasteiger partial charge on any atom is 0.335 e. The monoisotopic (exact) mass is 384 g/mol. The highest BCUT2D eigenvalue weighted by Gasteiger charge is 2.60. The van der Waals surface area contributed by atoms with Gasteiger partial charge in [0, 0.05) is 35.2 Å². The highest BCUT2D eigenvalue weighted by Crippen LogP contribution is 2.59. The molecule has 1 aliphatic carbocycles.